The summed E-state index contributed by atoms with van der Waals surface area (Å²) in [6.07, 6.45) is 7.23. The molecule has 1 aromatic rings. The van der Waals surface area contributed by atoms with Crippen molar-refractivity contribution in [2.24, 2.45) is 5.92 Å². The largest absolute Gasteiger partial charge is 0.484 e. The van der Waals surface area contributed by atoms with Gasteiger partial charge in [0.1, 0.15) is 11.7 Å². The second-order valence-electron chi connectivity index (χ2n) is 7.30. The normalized spacial score (nSPS) is 21.0. The molecule has 1 saturated carbocycles. The van der Waals surface area contributed by atoms with E-state index < -0.39 is 11.9 Å². The summed E-state index contributed by atoms with van der Waals surface area (Å²) >= 11 is 0. The Morgan fingerprint density at radius 2 is 1.90 bits per heavy atom. The second kappa shape index (κ2) is 9.41. The Morgan fingerprint density at radius 1 is 1.21 bits per heavy atom. The Kier molecular flexibility index (Phi) is 6.69. The van der Waals surface area contributed by atoms with Crippen LogP contribution in [-0.2, 0) is 19.1 Å². The summed E-state index contributed by atoms with van der Waals surface area (Å²) < 4.78 is 10.3. The number of nitrogens with one attached hydrogen (secondary N) is 2. The fourth-order valence-corrected chi connectivity index (χ4v) is 3.65. The molecule has 1 heterocycles. The number of methoxy groups -OCH3 is 1. The van der Waals surface area contributed by atoms with Gasteiger partial charge in [-0.1, -0.05) is 38.0 Å². The Bertz CT molecular complexity index is 822. The molecule has 7 heteroatoms. The highest BCUT2D eigenvalue weighted by atomic mass is 16.5. The topological polar surface area (TPSA) is 93.7 Å². The Morgan fingerprint density at radius 3 is 2.55 bits per heavy atom. The number of carbonyl (C=O) groups excluding carboxylic acids is 3. The molecule has 154 valence electrons. The minimum atomic E-state index is -0.827. The van der Waals surface area contributed by atoms with Crippen molar-refractivity contribution in [1.82, 2.24) is 10.6 Å². The third-order valence-corrected chi connectivity index (χ3v) is 5.18. The van der Waals surface area contributed by atoms with Crippen molar-refractivity contribution in [3.63, 3.8) is 0 Å². The van der Waals surface area contributed by atoms with E-state index >= 15 is 0 Å². The van der Waals surface area contributed by atoms with Crippen LogP contribution in [0.5, 0.6) is 5.75 Å². The average Bonchev–Trinajstić information content (AvgIpc) is 3.00. The van der Waals surface area contributed by atoms with Crippen molar-refractivity contribution >= 4 is 23.9 Å². The standard InChI is InChI=1S/C22H26N2O5/c1-14-20(22(27)28-2)18(21(26)23-14)12-15-8-10-17(11-9-15)29-13-19(25)24-16-6-4-3-5-7-16/h8-12,16,20H,1,3-7,13H2,2H3,(H,23,26)(H,24,25)/b18-12+/t20-/m1/s1. The molecule has 1 aromatic carbocycles. The number of ether oxygens (including phenoxy) is 2. The summed E-state index contributed by atoms with van der Waals surface area (Å²) in [7, 11) is 1.27. The molecule has 0 spiro atoms. The molecule has 0 radical (unpaired) electrons. The van der Waals surface area contributed by atoms with Crippen molar-refractivity contribution in [3.8, 4) is 5.75 Å². The summed E-state index contributed by atoms with van der Waals surface area (Å²) in [5.41, 5.74) is 1.30. The van der Waals surface area contributed by atoms with Crippen LogP contribution in [0.2, 0.25) is 0 Å². The first-order valence-corrected chi connectivity index (χ1v) is 9.79. The van der Waals surface area contributed by atoms with E-state index in [-0.39, 0.29) is 30.0 Å². The summed E-state index contributed by atoms with van der Waals surface area (Å²) in [6, 6.07) is 7.20. The fourth-order valence-electron chi connectivity index (χ4n) is 3.65. The Balaban J connectivity index is 1.58. The van der Waals surface area contributed by atoms with Crippen LogP contribution < -0.4 is 15.4 Å². The van der Waals surface area contributed by atoms with Gasteiger partial charge in [0.05, 0.1) is 7.11 Å². The van der Waals surface area contributed by atoms with E-state index in [9.17, 15) is 14.4 Å². The third kappa shape index (κ3) is 5.25. The number of carbonyl (C=O) groups is 3. The molecule has 0 bridgehead atoms. The van der Waals surface area contributed by atoms with E-state index in [1.54, 1.807) is 30.3 Å². The molecular formula is C22H26N2O5. The van der Waals surface area contributed by atoms with E-state index in [2.05, 4.69) is 17.2 Å². The third-order valence-electron chi connectivity index (χ3n) is 5.18. The van der Waals surface area contributed by atoms with Gasteiger partial charge in [0.2, 0.25) is 0 Å². The van der Waals surface area contributed by atoms with Gasteiger partial charge in [-0.15, -0.1) is 0 Å². The highest BCUT2D eigenvalue weighted by molar-refractivity contribution is 6.08. The fraction of sp³-hybridized carbons (Fsp3) is 0.409. The zero-order chi connectivity index (χ0) is 20.8. The molecule has 0 unspecified atom stereocenters. The van der Waals surface area contributed by atoms with E-state index in [0.29, 0.717) is 11.4 Å². The van der Waals surface area contributed by atoms with Crippen molar-refractivity contribution in [1.29, 1.82) is 0 Å². The van der Waals surface area contributed by atoms with Gasteiger partial charge in [0, 0.05) is 17.3 Å². The molecule has 29 heavy (non-hydrogen) atoms. The first kappa shape index (κ1) is 20.6. The molecule has 1 aliphatic carbocycles. The zero-order valence-electron chi connectivity index (χ0n) is 16.5. The van der Waals surface area contributed by atoms with Gasteiger partial charge in [-0.05, 0) is 36.6 Å². The van der Waals surface area contributed by atoms with Crippen molar-refractivity contribution in [3.05, 3.63) is 47.7 Å². The molecule has 0 aromatic heterocycles. The zero-order valence-corrected chi connectivity index (χ0v) is 16.5. The first-order valence-electron chi connectivity index (χ1n) is 9.79. The number of rotatable bonds is 6. The lowest BCUT2D eigenvalue weighted by Gasteiger charge is -2.22. The lowest BCUT2D eigenvalue weighted by molar-refractivity contribution is -0.143. The molecule has 2 N–H and O–H groups in total. The maximum absolute atomic E-state index is 12.1. The minimum absolute atomic E-state index is 0.0381. The molecule has 1 atom stereocenters. The van der Waals surface area contributed by atoms with E-state index in [1.807, 2.05) is 0 Å². The molecule has 1 saturated heterocycles. The molecule has 7 nitrogen and oxygen atoms in total. The maximum atomic E-state index is 12.1. The summed E-state index contributed by atoms with van der Waals surface area (Å²) in [6.45, 7) is 3.67. The highest BCUT2D eigenvalue weighted by Gasteiger charge is 2.37. The van der Waals surface area contributed by atoms with Crippen LogP contribution >= 0.6 is 0 Å². The molecule has 2 fully saturated rings. The molecule has 2 aliphatic rings. The van der Waals surface area contributed by atoms with Gasteiger partial charge in [0.15, 0.2) is 6.61 Å². The van der Waals surface area contributed by atoms with Crippen LogP contribution in [0.3, 0.4) is 0 Å². The van der Waals surface area contributed by atoms with E-state index in [1.165, 1.54) is 13.5 Å². The number of hydrogen-bond acceptors (Lipinski definition) is 5. The summed E-state index contributed by atoms with van der Waals surface area (Å²) in [5.74, 6) is -1.30. The van der Waals surface area contributed by atoms with Crippen LogP contribution in [0, 0.1) is 5.92 Å². The SMILES string of the molecule is C=C1NC(=O)/C(=C/c2ccc(OCC(=O)NC3CCCCC3)cc2)[C@@H]1C(=O)OC. The molecular weight excluding hydrogens is 372 g/mol. The van der Waals surface area contributed by atoms with Crippen LogP contribution in [-0.4, -0.2) is 37.5 Å². The van der Waals surface area contributed by atoms with Crippen LogP contribution in [0.4, 0.5) is 0 Å². The lowest BCUT2D eigenvalue weighted by Crippen LogP contribution is -2.38. The van der Waals surface area contributed by atoms with E-state index in [4.69, 9.17) is 9.47 Å². The van der Waals surface area contributed by atoms with Crippen molar-refractivity contribution < 1.29 is 23.9 Å². The first-order chi connectivity index (χ1) is 14.0. The van der Waals surface area contributed by atoms with Crippen molar-refractivity contribution in [2.45, 2.75) is 38.1 Å². The van der Waals surface area contributed by atoms with Crippen LogP contribution in [0.15, 0.2) is 42.1 Å². The van der Waals surface area contributed by atoms with Gasteiger partial charge in [-0.3, -0.25) is 14.4 Å². The van der Waals surface area contributed by atoms with E-state index in [0.717, 1.165) is 31.2 Å². The van der Waals surface area contributed by atoms with Gasteiger partial charge in [0.25, 0.3) is 11.8 Å². The number of amides is 2. The summed E-state index contributed by atoms with van der Waals surface area (Å²) in [4.78, 5) is 36.1. The number of benzene rings is 1. The maximum Gasteiger partial charge on any atom is 0.319 e. The summed E-state index contributed by atoms with van der Waals surface area (Å²) in [5, 5.41) is 5.57. The average molecular weight is 398 g/mol. The van der Waals surface area contributed by atoms with Gasteiger partial charge >= 0.3 is 5.97 Å². The quantitative estimate of drug-likeness (QED) is 0.567. The predicted molar refractivity (Wildman–Crippen MR) is 108 cm³/mol. The molecule has 1 aliphatic heterocycles. The van der Waals surface area contributed by atoms with Crippen LogP contribution in [0.1, 0.15) is 37.7 Å². The van der Waals surface area contributed by atoms with Gasteiger partial charge in [-0.25, -0.2) is 0 Å². The van der Waals surface area contributed by atoms with Crippen molar-refractivity contribution in [2.75, 3.05) is 13.7 Å². The Hall–Kier alpha value is -3.09. The lowest BCUT2D eigenvalue weighted by atomic mass is 9.95. The van der Waals surface area contributed by atoms with Gasteiger partial charge in [-0.2, -0.15) is 0 Å². The minimum Gasteiger partial charge on any atom is -0.484 e. The second-order valence-corrected chi connectivity index (χ2v) is 7.30. The monoisotopic (exact) mass is 398 g/mol. The van der Waals surface area contributed by atoms with Gasteiger partial charge < -0.3 is 20.1 Å². The molecule has 3 rings (SSSR count). The Labute approximate surface area is 170 Å². The highest BCUT2D eigenvalue weighted by Crippen LogP contribution is 2.28. The number of esters is 1. The predicted octanol–water partition coefficient (Wildman–Crippen LogP) is 2.33. The molecule has 2 amide bonds. The number of hydrogen-bond donors (Lipinski definition) is 2. The smallest absolute Gasteiger partial charge is 0.319 e. The van der Waals surface area contributed by atoms with Crippen LogP contribution in [0.25, 0.3) is 6.08 Å².